The van der Waals surface area contributed by atoms with E-state index in [-0.39, 0.29) is 38.9 Å². The molecule has 0 amide bonds. The fourth-order valence-electron chi connectivity index (χ4n) is 12.5. The molecule has 25 atom stereocenters. The number of aromatic nitrogens is 10. The van der Waals surface area contributed by atoms with Gasteiger partial charge in [0.05, 0.1) is 69.8 Å². The second-order valence-corrected chi connectivity index (χ2v) is 39.1. The van der Waals surface area contributed by atoms with Gasteiger partial charge in [-0.25, -0.2) is 68.8 Å². The largest absolute Gasteiger partial charge is 0.475 e. The van der Waals surface area contributed by atoms with Crippen LogP contribution in [0.4, 0.5) is 32.2 Å². The zero-order chi connectivity index (χ0) is 89.4. The summed E-state index contributed by atoms with van der Waals surface area (Å²) >= 11 is 29.5. The summed E-state index contributed by atoms with van der Waals surface area (Å²) in [5.41, 5.74) is -2.53. The lowest BCUT2D eigenvalue weighted by molar-refractivity contribution is -0.0751. The third-order valence-corrected chi connectivity index (χ3v) is 27.4. The van der Waals surface area contributed by atoms with Crippen molar-refractivity contribution in [2.24, 2.45) is 0 Å². The number of nitrogens with two attached hydrogens (primary N) is 1. The molecule has 0 aromatic carbocycles. The van der Waals surface area contributed by atoms with Crippen LogP contribution in [-0.4, -0.2) is 198 Å². The number of hydrogen-bond donors (Lipinski definition) is 5. The Hall–Kier alpha value is -5.22. The molecule has 676 valence electrons. The Kier molecular flexibility index (Phi) is 29.1. The number of nitrogen functional groups attached to an aromatic ring is 1. The molecule has 0 spiro atoms. The molecule has 2 unspecified atom stereocenters. The van der Waals surface area contributed by atoms with Gasteiger partial charge in [0.2, 0.25) is 5.82 Å². The van der Waals surface area contributed by atoms with Crippen molar-refractivity contribution in [3.63, 3.8) is 0 Å². The van der Waals surface area contributed by atoms with Gasteiger partial charge in [-0.05, 0) is 75.3 Å². The van der Waals surface area contributed by atoms with Crippen LogP contribution < -0.4 is 56.4 Å². The lowest BCUT2D eigenvalue weighted by Crippen LogP contribution is -2.45. The molecule has 61 heteroatoms. The van der Waals surface area contributed by atoms with E-state index in [0.29, 0.717) is 10.8 Å². The zero-order valence-corrected chi connectivity index (χ0v) is 72.1. The fourth-order valence-corrected chi connectivity index (χ4v) is 22.4. The van der Waals surface area contributed by atoms with E-state index < -0.39 is 244 Å². The molecule has 15 rings (SSSR count). The van der Waals surface area contributed by atoms with E-state index in [1.807, 2.05) is 15.0 Å². The van der Waals surface area contributed by atoms with Crippen molar-refractivity contribution in [3.05, 3.63) is 155 Å². The van der Waals surface area contributed by atoms with Crippen molar-refractivity contribution in [2.45, 2.75) is 218 Å². The molecule has 10 saturated heterocycles. The third-order valence-electron chi connectivity index (χ3n) is 17.2. The molecule has 10 aliphatic rings. The minimum Gasteiger partial charge on any atom is -0.383 e. The number of phosphoric ester groups is 5. The topological polar surface area (TPSA) is 550 Å². The second kappa shape index (κ2) is 36.5. The number of fused-ring (bicyclic) bond motifs is 5. The highest BCUT2D eigenvalue weighted by Crippen LogP contribution is 2.66. The molecular weight excluding hydrogens is 1860 g/mol. The SMILES string of the molecule is CC(C)OP1(=O)OC[C@H]2O[C@@H](n3cc(F)c(=O)[nH]c3=O)[C@@](F)(Cl)[C@@H]2O1.CC(C)OP1(=O)OC[C@H]2O[C@@H](n3ccc(=O)[nH]c3=O)[C@@](F)(Cl)[C@@H]2O1.CC(C)O[P@@]1(=O)OC[C@H]2O[C@@H](n3ccc(=O)[nH]c3=O)[C@@](F)(Cl)[C@@H]2O1.CC(C)O[P@]1(=O)OC[C@H]2O[C@@H](n3ccc(=O)[nH]c3=O)[C@@](F)(Cl)[C@@H]2O1.CC(C)O[P@]1(=O)OC[C@H]2O[C@@H](n3ccc(N)nc3=O)[C@@](F)(Cl)[C@@H]2O1. The smallest absolute Gasteiger partial charge is 0.383 e. The minimum atomic E-state index is -4.09. The van der Waals surface area contributed by atoms with Crippen LogP contribution in [-0.2, 0) is 114 Å². The Morgan fingerprint density at radius 1 is 0.388 bits per heavy atom. The molecule has 45 nitrogen and oxygen atoms in total. The molecule has 0 radical (unpaired) electrons. The normalized spacial score (nSPS) is 38.9. The Morgan fingerprint density at radius 3 is 0.843 bits per heavy atom. The van der Waals surface area contributed by atoms with Crippen LogP contribution in [0.5, 0.6) is 0 Å². The third kappa shape index (κ3) is 21.1. The van der Waals surface area contributed by atoms with Crippen LogP contribution in [0, 0.1) is 5.82 Å². The van der Waals surface area contributed by atoms with Gasteiger partial charge < -0.3 is 29.4 Å². The predicted octanol–water partition coefficient (Wildman–Crippen LogP) is 6.86. The number of ether oxygens (including phenoxy) is 5. The Balaban J connectivity index is 0.000000148. The highest BCUT2D eigenvalue weighted by Gasteiger charge is 2.69. The summed E-state index contributed by atoms with van der Waals surface area (Å²) in [6, 6.07) is 4.35. The van der Waals surface area contributed by atoms with E-state index in [1.54, 1.807) is 74.2 Å². The Labute approximate surface area is 699 Å². The summed E-state index contributed by atoms with van der Waals surface area (Å²) in [5.74, 6) is -1.36. The van der Waals surface area contributed by atoms with Gasteiger partial charge in [0.25, 0.3) is 47.9 Å². The molecule has 5 aromatic heterocycles. The summed E-state index contributed by atoms with van der Waals surface area (Å²) in [6.07, 6.45) is -18.5. The molecule has 15 heterocycles. The van der Waals surface area contributed by atoms with Crippen molar-refractivity contribution < 1.29 is 141 Å². The first-order valence-electron chi connectivity index (χ1n) is 35.6. The number of phosphoric acid groups is 5. The van der Waals surface area contributed by atoms with Crippen molar-refractivity contribution in [3.8, 4) is 0 Å². The number of alkyl halides is 10. The quantitative estimate of drug-likeness (QED) is 0.0405. The van der Waals surface area contributed by atoms with Crippen LogP contribution in [0.25, 0.3) is 0 Å². The fraction of sp³-hybridized carbons (Fsp3) is 0.667. The van der Waals surface area contributed by atoms with Gasteiger partial charge >= 0.3 is 67.6 Å². The van der Waals surface area contributed by atoms with Crippen LogP contribution >= 0.6 is 97.1 Å². The highest BCUT2D eigenvalue weighted by atomic mass is 35.5. The van der Waals surface area contributed by atoms with Crippen molar-refractivity contribution in [1.82, 2.24) is 47.8 Å². The summed E-state index contributed by atoms with van der Waals surface area (Å²) in [5, 5.41) is -13.8. The Bertz CT molecular complexity index is 5180. The second-order valence-electron chi connectivity index (χ2n) is 28.4. The van der Waals surface area contributed by atoms with Gasteiger partial charge in [0.1, 0.15) is 36.3 Å². The zero-order valence-electron chi connectivity index (χ0n) is 63.8. The maximum Gasteiger partial charge on any atom is 0.475 e. The maximum absolute atomic E-state index is 15.1. The summed E-state index contributed by atoms with van der Waals surface area (Å²) in [6.45, 7) is 14.5. The number of anilines is 1. The van der Waals surface area contributed by atoms with Crippen molar-refractivity contribution >= 4 is 103 Å². The number of halogens is 11. The first-order chi connectivity index (χ1) is 56.0. The van der Waals surface area contributed by atoms with Gasteiger partial charge in [-0.1, -0.05) is 58.0 Å². The number of H-pyrrole nitrogens is 4. The van der Waals surface area contributed by atoms with Gasteiger partial charge in [0, 0.05) is 43.0 Å². The average Bonchev–Trinajstić information content (AvgIpc) is 1.62. The van der Waals surface area contributed by atoms with Gasteiger partial charge in [-0.3, -0.25) is 130 Å². The van der Waals surface area contributed by atoms with Crippen LogP contribution in [0.3, 0.4) is 0 Å². The molecule has 0 aliphatic carbocycles. The first kappa shape index (κ1) is 96.4. The van der Waals surface area contributed by atoms with E-state index in [1.165, 1.54) is 12.3 Å². The average molecular weight is 1940 g/mol. The number of aromatic amines is 4. The van der Waals surface area contributed by atoms with E-state index in [9.17, 15) is 70.4 Å². The minimum absolute atomic E-state index is 0.0277. The molecular formula is C60H75Cl5F6N11O34P5. The highest BCUT2D eigenvalue weighted by molar-refractivity contribution is 7.49. The summed E-state index contributed by atoms with van der Waals surface area (Å²) in [7, 11) is -20.1. The van der Waals surface area contributed by atoms with Gasteiger partial charge in [0.15, 0.2) is 61.7 Å². The van der Waals surface area contributed by atoms with E-state index in [2.05, 4.69) is 4.98 Å². The summed E-state index contributed by atoms with van der Waals surface area (Å²) in [4.78, 5) is 115. The molecule has 10 fully saturated rings. The molecule has 5 aromatic rings. The number of rotatable bonds is 15. The van der Waals surface area contributed by atoms with Crippen LogP contribution in [0.1, 0.15) is 100 Å². The first-order valence-corrected chi connectivity index (χ1v) is 44.7. The van der Waals surface area contributed by atoms with Crippen LogP contribution in [0.15, 0.2) is 98.4 Å². The predicted molar refractivity (Wildman–Crippen MR) is 399 cm³/mol. The van der Waals surface area contributed by atoms with Crippen LogP contribution in [0.2, 0.25) is 0 Å². The monoisotopic (exact) mass is 1940 g/mol. The van der Waals surface area contributed by atoms with Gasteiger partial charge in [-0.2, -0.15) is 9.37 Å². The van der Waals surface area contributed by atoms with E-state index in [0.717, 1.165) is 55.1 Å². The molecule has 10 aliphatic heterocycles. The van der Waals surface area contributed by atoms with Gasteiger partial charge in [-0.15, -0.1) is 0 Å². The maximum atomic E-state index is 15.1. The lowest BCUT2D eigenvalue weighted by atomic mass is 10.1. The number of hydrogen-bond acceptors (Lipinski definition) is 36. The lowest BCUT2D eigenvalue weighted by Gasteiger charge is -2.33. The number of nitrogens with one attached hydrogen (secondary N) is 4. The molecule has 121 heavy (non-hydrogen) atoms. The standard InChI is InChI=1S/C12H14ClF2N2O7P.C12H16ClFN3O6P.3C12H15ClFN2O7P/c1-5(2)23-25(20)21-4-7-8(24-25)12(13,15)10(22-7)17-3-6(14)9(18)16-11(17)19;1-6(2)22-24(19)20-5-7-9(23-24)12(13,14)10(21-7)17-4-3-8(15)16-11(17)18;3*1-6(2)22-24(19)20-5-7-9(23-24)12(13,14)10(21-7)16-4-3-8(17)15-11(16)18/h3,5,7-8,10H,4H2,1-2H3,(H,16,18,19);3-4,6-7,9-10H,5H2,1-2H3,(H2,15,16,18);3*3-4,6-7,9-10H,5H2,1-2H3,(H,15,17,18)/t7-,8-,10-,12-,25?;7-,9-,10-,12-,24+;7-,9-,10-,12-,24?;7-,9-,10-,12-,24+;7-,9-,10-,12-,24-/m11111/s1. The summed E-state index contributed by atoms with van der Waals surface area (Å²) < 4.78 is 257. The van der Waals surface area contributed by atoms with Crippen molar-refractivity contribution in [1.29, 1.82) is 0 Å². The van der Waals surface area contributed by atoms with Crippen molar-refractivity contribution in [2.75, 3.05) is 38.8 Å². The molecule has 0 saturated carbocycles. The number of nitrogens with zero attached hydrogens (tertiary/aromatic N) is 6. The van der Waals surface area contributed by atoms with E-state index >= 15 is 22.0 Å². The molecule has 0 bridgehead atoms. The van der Waals surface area contributed by atoms with E-state index in [4.69, 9.17) is 155 Å². The Morgan fingerprint density at radius 2 is 0.612 bits per heavy atom. The molecule has 6 N–H and O–H groups in total.